The van der Waals surface area contributed by atoms with Gasteiger partial charge < -0.3 is 14.6 Å². The highest BCUT2D eigenvalue weighted by atomic mass is 16.5. The van der Waals surface area contributed by atoms with Crippen molar-refractivity contribution >= 4 is 5.91 Å². The second-order valence-electron chi connectivity index (χ2n) is 8.62. The molecule has 4 rings (SSSR count). The molecule has 174 valence electrons. The predicted octanol–water partition coefficient (Wildman–Crippen LogP) is 4.01. The third-order valence-corrected chi connectivity index (χ3v) is 6.25. The van der Waals surface area contributed by atoms with Crippen LogP contribution in [0.3, 0.4) is 0 Å². The SMILES string of the molecule is COc1cccc(CCCNC(=O)C2CCN(Cc3nc(-c4ccccc4C)no3)CC2)c1. The molecule has 2 aromatic carbocycles. The average molecular weight is 449 g/mol. The lowest BCUT2D eigenvalue weighted by atomic mass is 9.96. The standard InChI is InChI=1S/C26H32N4O3/c1-19-7-3-4-11-23(19)25-28-24(33-29-25)18-30-15-12-21(13-16-30)26(31)27-14-6-9-20-8-5-10-22(17-20)32-2/h3-5,7-8,10-11,17,21H,6,9,12-16,18H2,1-2H3,(H,27,31). The third-order valence-electron chi connectivity index (χ3n) is 6.25. The van der Waals surface area contributed by atoms with Crippen LogP contribution in [-0.2, 0) is 17.8 Å². The molecule has 33 heavy (non-hydrogen) atoms. The van der Waals surface area contributed by atoms with Crippen molar-refractivity contribution < 1.29 is 14.1 Å². The van der Waals surface area contributed by atoms with Gasteiger partial charge in [0.25, 0.3) is 0 Å². The second-order valence-corrected chi connectivity index (χ2v) is 8.62. The Labute approximate surface area is 195 Å². The number of nitrogens with one attached hydrogen (secondary N) is 1. The van der Waals surface area contributed by atoms with Crippen LogP contribution in [0.5, 0.6) is 5.75 Å². The summed E-state index contributed by atoms with van der Waals surface area (Å²) < 4.78 is 10.7. The number of aromatic nitrogens is 2. The van der Waals surface area contributed by atoms with Crippen LogP contribution in [0, 0.1) is 12.8 Å². The van der Waals surface area contributed by atoms with Gasteiger partial charge in [0.2, 0.25) is 17.6 Å². The zero-order valence-electron chi connectivity index (χ0n) is 19.4. The summed E-state index contributed by atoms with van der Waals surface area (Å²) >= 11 is 0. The van der Waals surface area contributed by atoms with E-state index in [1.807, 2.05) is 49.4 Å². The number of carbonyl (C=O) groups excluding carboxylic acids is 1. The molecule has 0 radical (unpaired) electrons. The quantitative estimate of drug-likeness (QED) is 0.498. The molecule has 1 amide bonds. The zero-order valence-corrected chi connectivity index (χ0v) is 19.4. The molecule has 7 heteroatoms. The molecule has 2 heterocycles. The van der Waals surface area contributed by atoms with Crippen molar-refractivity contribution in [3.8, 4) is 17.1 Å². The lowest BCUT2D eigenvalue weighted by Crippen LogP contribution is -2.40. The van der Waals surface area contributed by atoms with Gasteiger partial charge in [0.15, 0.2) is 0 Å². The van der Waals surface area contributed by atoms with E-state index in [2.05, 4.69) is 26.4 Å². The summed E-state index contributed by atoms with van der Waals surface area (Å²) in [6.45, 7) is 5.06. The van der Waals surface area contributed by atoms with Crippen molar-refractivity contribution in [2.45, 2.75) is 39.2 Å². The Morgan fingerprint density at radius 2 is 2.00 bits per heavy atom. The number of aryl methyl sites for hydroxylation is 2. The van der Waals surface area contributed by atoms with Gasteiger partial charge in [-0.1, -0.05) is 41.6 Å². The van der Waals surface area contributed by atoms with Crippen LogP contribution in [0.1, 0.15) is 36.3 Å². The van der Waals surface area contributed by atoms with E-state index in [4.69, 9.17) is 9.26 Å². The number of hydrogen-bond donors (Lipinski definition) is 1. The minimum Gasteiger partial charge on any atom is -0.497 e. The fraction of sp³-hybridized carbons (Fsp3) is 0.423. The number of amides is 1. The molecule has 0 spiro atoms. The minimum absolute atomic E-state index is 0.0725. The van der Waals surface area contributed by atoms with Gasteiger partial charge >= 0.3 is 0 Å². The molecular weight excluding hydrogens is 416 g/mol. The van der Waals surface area contributed by atoms with E-state index in [1.165, 1.54) is 5.56 Å². The topological polar surface area (TPSA) is 80.5 Å². The van der Waals surface area contributed by atoms with Crippen LogP contribution in [0.2, 0.25) is 0 Å². The molecule has 0 bridgehead atoms. The van der Waals surface area contributed by atoms with Crippen LogP contribution in [0.4, 0.5) is 0 Å². The maximum absolute atomic E-state index is 12.6. The normalized spacial score (nSPS) is 14.8. The van der Waals surface area contributed by atoms with Crippen molar-refractivity contribution in [1.29, 1.82) is 0 Å². The minimum atomic E-state index is 0.0725. The molecule has 0 saturated carbocycles. The zero-order chi connectivity index (χ0) is 23.0. The summed E-state index contributed by atoms with van der Waals surface area (Å²) in [4.78, 5) is 19.4. The van der Waals surface area contributed by atoms with Crippen LogP contribution in [-0.4, -0.2) is 47.7 Å². The Hall–Kier alpha value is -3.19. The van der Waals surface area contributed by atoms with Gasteiger partial charge in [0.05, 0.1) is 13.7 Å². The van der Waals surface area contributed by atoms with E-state index >= 15 is 0 Å². The molecule has 7 nitrogen and oxygen atoms in total. The summed E-state index contributed by atoms with van der Waals surface area (Å²) in [6, 6.07) is 16.1. The fourth-order valence-corrected chi connectivity index (χ4v) is 4.27. The van der Waals surface area contributed by atoms with Gasteiger partial charge in [0.1, 0.15) is 5.75 Å². The first-order chi connectivity index (χ1) is 16.1. The number of nitrogens with zero attached hydrogens (tertiary/aromatic N) is 3. The van der Waals surface area contributed by atoms with E-state index in [0.717, 1.165) is 55.6 Å². The summed E-state index contributed by atoms with van der Waals surface area (Å²) in [7, 11) is 1.68. The Morgan fingerprint density at radius 1 is 1.18 bits per heavy atom. The van der Waals surface area contributed by atoms with Gasteiger partial charge in [-0.2, -0.15) is 4.98 Å². The fourth-order valence-electron chi connectivity index (χ4n) is 4.27. The maximum atomic E-state index is 12.6. The van der Waals surface area contributed by atoms with Crippen molar-refractivity contribution in [2.24, 2.45) is 5.92 Å². The lowest BCUT2D eigenvalue weighted by Gasteiger charge is -2.30. The first-order valence-electron chi connectivity index (χ1n) is 11.6. The van der Waals surface area contributed by atoms with Gasteiger partial charge in [0, 0.05) is 18.0 Å². The monoisotopic (exact) mass is 448 g/mol. The molecule has 1 aromatic heterocycles. The van der Waals surface area contributed by atoms with E-state index in [1.54, 1.807) is 7.11 Å². The third kappa shape index (κ3) is 6.20. The van der Waals surface area contributed by atoms with E-state index in [-0.39, 0.29) is 11.8 Å². The molecule has 1 aliphatic heterocycles. The van der Waals surface area contributed by atoms with E-state index in [0.29, 0.717) is 24.8 Å². The number of benzene rings is 2. The summed E-state index contributed by atoms with van der Waals surface area (Å²) in [6.07, 6.45) is 3.53. The summed E-state index contributed by atoms with van der Waals surface area (Å²) in [5.74, 6) is 2.36. The molecule has 0 unspecified atom stereocenters. The molecule has 1 N–H and O–H groups in total. The van der Waals surface area contributed by atoms with Crippen LogP contribution < -0.4 is 10.1 Å². The first-order valence-corrected chi connectivity index (χ1v) is 11.6. The van der Waals surface area contributed by atoms with Crippen molar-refractivity contribution in [3.05, 3.63) is 65.5 Å². The van der Waals surface area contributed by atoms with Crippen LogP contribution >= 0.6 is 0 Å². The Balaban J connectivity index is 1.17. The Kier molecular flexibility index (Phi) is 7.73. The van der Waals surface area contributed by atoms with Gasteiger partial charge in [-0.15, -0.1) is 0 Å². The van der Waals surface area contributed by atoms with E-state index < -0.39 is 0 Å². The number of methoxy groups -OCH3 is 1. The second kappa shape index (κ2) is 11.1. The highest BCUT2D eigenvalue weighted by Crippen LogP contribution is 2.22. The number of rotatable bonds is 9. The largest absolute Gasteiger partial charge is 0.497 e. The molecular formula is C26H32N4O3. The maximum Gasteiger partial charge on any atom is 0.241 e. The molecule has 0 aliphatic carbocycles. The Bertz CT molecular complexity index is 1060. The highest BCUT2D eigenvalue weighted by molar-refractivity contribution is 5.78. The van der Waals surface area contributed by atoms with Crippen molar-refractivity contribution in [3.63, 3.8) is 0 Å². The van der Waals surface area contributed by atoms with Crippen molar-refractivity contribution in [1.82, 2.24) is 20.4 Å². The van der Waals surface area contributed by atoms with E-state index in [9.17, 15) is 4.79 Å². The van der Waals surface area contributed by atoms with Crippen LogP contribution in [0.15, 0.2) is 53.1 Å². The number of hydrogen-bond acceptors (Lipinski definition) is 6. The molecule has 3 aromatic rings. The van der Waals surface area contributed by atoms with Gasteiger partial charge in [-0.3, -0.25) is 9.69 Å². The highest BCUT2D eigenvalue weighted by Gasteiger charge is 2.25. The lowest BCUT2D eigenvalue weighted by molar-refractivity contribution is -0.126. The van der Waals surface area contributed by atoms with Gasteiger partial charge in [-0.25, -0.2) is 0 Å². The average Bonchev–Trinajstić information content (AvgIpc) is 3.30. The smallest absolute Gasteiger partial charge is 0.241 e. The van der Waals surface area contributed by atoms with Crippen molar-refractivity contribution in [2.75, 3.05) is 26.7 Å². The summed E-state index contributed by atoms with van der Waals surface area (Å²) in [5, 5.41) is 7.26. The molecule has 1 aliphatic rings. The number of ether oxygens (including phenoxy) is 1. The first kappa shape index (κ1) is 23.0. The Morgan fingerprint density at radius 3 is 2.79 bits per heavy atom. The van der Waals surface area contributed by atoms with Crippen LogP contribution in [0.25, 0.3) is 11.4 Å². The molecule has 1 fully saturated rings. The molecule has 0 atom stereocenters. The number of likely N-dealkylation sites (tertiary alicyclic amines) is 1. The predicted molar refractivity (Wildman–Crippen MR) is 127 cm³/mol. The summed E-state index contributed by atoms with van der Waals surface area (Å²) in [5.41, 5.74) is 3.35. The number of carbonyl (C=O) groups is 1. The number of piperidine rings is 1. The van der Waals surface area contributed by atoms with Gasteiger partial charge in [-0.05, 0) is 69.0 Å². The molecule has 1 saturated heterocycles.